The van der Waals surface area contributed by atoms with Gasteiger partial charge in [-0.25, -0.2) is 15.0 Å². The Bertz CT molecular complexity index is 802. The molecule has 1 aliphatic heterocycles. The van der Waals surface area contributed by atoms with E-state index < -0.39 is 0 Å². The molecule has 7 nitrogen and oxygen atoms in total. The maximum atomic E-state index is 12.4. The largest absolute Gasteiger partial charge is 0.370 e. The van der Waals surface area contributed by atoms with Crippen molar-refractivity contribution in [3.63, 3.8) is 0 Å². The minimum atomic E-state index is -0.0994. The van der Waals surface area contributed by atoms with E-state index in [9.17, 15) is 4.79 Å². The van der Waals surface area contributed by atoms with Gasteiger partial charge in [0, 0.05) is 25.9 Å². The Kier molecular flexibility index (Phi) is 3.42. The van der Waals surface area contributed by atoms with E-state index in [1.807, 2.05) is 0 Å². The summed E-state index contributed by atoms with van der Waals surface area (Å²) in [6.45, 7) is 1.34. The number of aromatic nitrogens is 4. The van der Waals surface area contributed by atoms with Crippen LogP contribution in [0, 0.1) is 0 Å². The van der Waals surface area contributed by atoms with Crippen molar-refractivity contribution in [2.24, 2.45) is 7.05 Å². The summed E-state index contributed by atoms with van der Waals surface area (Å²) in [5, 5.41) is 0. The molecule has 3 heterocycles. The first-order chi connectivity index (χ1) is 11.2. The first-order valence-corrected chi connectivity index (χ1v) is 7.63. The lowest BCUT2D eigenvalue weighted by Crippen LogP contribution is -2.50. The van der Waals surface area contributed by atoms with Crippen molar-refractivity contribution in [1.29, 1.82) is 0 Å². The van der Waals surface area contributed by atoms with Gasteiger partial charge in [0.05, 0.1) is 30.1 Å². The minimum Gasteiger partial charge on any atom is -0.370 e. The number of hydrogen-bond acceptors (Lipinski definition) is 6. The summed E-state index contributed by atoms with van der Waals surface area (Å²) in [4.78, 5) is 27.3. The molecule has 118 valence electrons. The summed E-state index contributed by atoms with van der Waals surface area (Å²) >= 11 is 0. The maximum absolute atomic E-state index is 12.4. The molecule has 0 spiro atoms. The van der Waals surface area contributed by atoms with Gasteiger partial charge in [-0.3, -0.25) is 9.36 Å². The number of ether oxygens (including phenoxy) is 1. The molecule has 1 saturated heterocycles. The second-order valence-electron chi connectivity index (χ2n) is 5.69. The van der Waals surface area contributed by atoms with E-state index in [0.717, 1.165) is 13.0 Å². The molecule has 2 aromatic heterocycles. The molecule has 2 aliphatic rings. The number of nitrogens with zero attached hydrogens (tertiary/aromatic N) is 5. The lowest BCUT2D eigenvalue weighted by atomic mass is 10.1. The first kappa shape index (κ1) is 14.1. The molecule has 0 amide bonds. The van der Waals surface area contributed by atoms with Gasteiger partial charge in [-0.15, -0.1) is 0 Å². The van der Waals surface area contributed by atoms with E-state index in [4.69, 9.17) is 9.72 Å². The normalized spacial score (nSPS) is 23.1. The molecule has 0 aromatic carbocycles. The average molecular weight is 311 g/mol. The smallest absolute Gasteiger partial charge is 0.255 e. The lowest BCUT2D eigenvalue weighted by Gasteiger charge is -2.38. The molecule has 2 atom stereocenters. The van der Waals surface area contributed by atoms with Crippen LogP contribution in [-0.2, 0) is 11.8 Å². The zero-order chi connectivity index (χ0) is 15.8. The third-order valence-corrected chi connectivity index (χ3v) is 4.34. The first-order valence-electron chi connectivity index (χ1n) is 7.63. The second-order valence-corrected chi connectivity index (χ2v) is 5.69. The molecule has 4 rings (SSSR count). The number of fused-ring (bicyclic) bond motifs is 1. The highest BCUT2D eigenvalue weighted by Gasteiger charge is 2.35. The van der Waals surface area contributed by atoms with Crippen LogP contribution < -0.4 is 10.5 Å². The lowest BCUT2D eigenvalue weighted by molar-refractivity contribution is 0.0482. The van der Waals surface area contributed by atoms with Crippen LogP contribution in [0.15, 0.2) is 41.6 Å². The van der Waals surface area contributed by atoms with E-state index in [1.165, 1.54) is 12.4 Å². The highest BCUT2D eigenvalue weighted by molar-refractivity contribution is 5.55. The highest BCUT2D eigenvalue weighted by atomic mass is 16.5. The van der Waals surface area contributed by atoms with Crippen molar-refractivity contribution in [1.82, 2.24) is 19.5 Å². The molecule has 1 fully saturated rings. The van der Waals surface area contributed by atoms with Gasteiger partial charge < -0.3 is 9.64 Å². The molecule has 0 unspecified atom stereocenters. The van der Waals surface area contributed by atoms with Crippen LogP contribution in [-0.4, -0.2) is 44.8 Å². The van der Waals surface area contributed by atoms with Crippen LogP contribution >= 0.6 is 0 Å². The van der Waals surface area contributed by atoms with Crippen molar-refractivity contribution in [2.45, 2.75) is 18.6 Å². The molecule has 0 radical (unpaired) electrons. The van der Waals surface area contributed by atoms with E-state index in [-0.39, 0.29) is 17.7 Å². The zero-order valence-corrected chi connectivity index (χ0v) is 12.8. The molecule has 0 bridgehead atoms. The Morgan fingerprint density at radius 1 is 1.35 bits per heavy atom. The molecule has 1 aliphatic carbocycles. The number of hydrogen-bond donors (Lipinski definition) is 0. The SMILES string of the molecule is Cn1c(N2CCO[C@@H]3C=CC[C@H]32)nc(-c2ccncn2)cc1=O. The Morgan fingerprint density at radius 3 is 3.09 bits per heavy atom. The molecule has 2 aromatic rings. The summed E-state index contributed by atoms with van der Waals surface area (Å²) in [6, 6.07) is 3.46. The van der Waals surface area contributed by atoms with Crippen LogP contribution in [0.2, 0.25) is 0 Å². The summed E-state index contributed by atoms with van der Waals surface area (Å²) in [5.41, 5.74) is 1.12. The van der Waals surface area contributed by atoms with E-state index in [2.05, 4.69) is 27.0 Å². The van der Waals surface area contributed by atoms with Crippen LogP contribution in [0.3, 0.4) is 0 Å². The minimum absolute atomic E-state index is 0.0726. The maximum Gasteiger partial charge on any atom is 0.255 e. The van der Waals surface area contributed by atoms with Crippen molar-refractivity contribution in [3.8, 4) is 11.4 Å². The fourth-order valence-electron chi connectivity index (χ4n) is 3.14. The van der Waals surface area contributed by atoms with Crippen LogP contribution in [0.25, 0.3) is 11.4 Å². The summed E-state index contributed by atoms with van der Waals surface area (Å²) in [7, 11) is 1.75. The Balaban J connectivity index is 1.79. The molecular formula is C16H17N5O2. The van der Waals surface area contributed by atoms with E-state index >= 15 is 0 Å². The van der Waals surface area contributed by atoms with Crippen molar-refractivity contribution in [2.75, 3.05) is 18.1 Å². The van der Waals surface area contributed by atoms with Gasteiger partial charge in [-0.1, -0.05) is 12.2 Å². The van der Waals surface area contributed by atoms with Crippen LogP contribution in [0.5, 0.6) is 0 Å². The van der Waals surface area contributed by atoms with Crippen LogP contribution in [0.4, 0.5) is 5.95 Å². The van der Waals surface area contributed by atoms with Gasteiger partial charge >= 0.3 is 0 Å². The molecule has 0 N–H and O–H groups in total. The second kappa shape index (κ2) is 5.58. The topological polar surface area (TPSA) is 73.1 Å². The third-order valence-electron chi connectivity index (χ3n) is 4.34. The summed E-state index contributed by atoms with van der Waals surface area (Å²) in [5.74, 6) is 0.660. The van der Waals surface area contributed by atoms with Crippen molar-refractivity contribution < 1.29 is 4.74 Å². The monoisotopic (exact) mass is 311 g/mol. The Labute approximate surface area is 133 Å². The Morgan fingerprint density at radius 2 is 2.26 bits per heavy atom. The molecular weight excluding hydrogens is 294 g/mol. The molecule has 0 saturated carbocycles. The average Bonchev–Trinajstić information content (AvgIpc) is 3.07. The van der Waals surface area contributed by atoms with E-state index in [1.54, 1.807) is 23.9 Å². The number of morpholine rings is 1. The molecule has 7 heteroatoms. The summed E-state index contributed by atoms with van der Waals surface area (Å²) in [6.07, 6.45) is 8.29. The number of anilines is 1. The predicted molar refractivity (Wildman–Crippen MR) is 85.1 cm³/mol. The van der Waals surface area contributed by atoms with Gasteiger partial charge in [0.1, 0.15) is 6.33 Å². The third kappa shape index (κ3) is 2.43. The standard InChI is InChI=1S/C16H17N5O2/c1-20-15(22)9-12(11-5-6-17-10-18-11)19-16(20)21-7-8-23-14-4-2-3-13(14)21/h2,4-6,9-10,13-14H,3,7-8H2,1H3/t13-,14-/m1/s1. The van der Waals surface area contributed by atoms with Gasteiger partial charge in [0.15, 0.2) is 0 Å². The van der Waals surface area contributed by atoms with E-state index in [0.29, 0.717) is 23.9 Å². The van der Waals surface area contributed by atoms with Gasteiger partial charge in [0.2, 0.25) is 5.95 Å². The predicted octanol–water partition coefficient (Wildman–Crippen LogP) is 0.771. The fraction of sp³-hybridized carbons (Fsp3) is 0.375. The Hall–Kier alpha value is -2.54. The highest BCUT2D eigenvalue weighted by Crippen LogP contribution is 2.28. The quantitative estimate of drug-likeness (QED) is 0.763. The fourth-order valence-corrected chi connectivity index (χ4v) is 3.14. The van der Waals surface area contributed by atoms with Gasteiger partial charge in [-0.2, -0.15) is 0 Å². The van der Waals surface area contributed by atoms with Gasteiger partial charge in [0.25, 0.3) is 5.56 Å². The van der Waals surface area contributed by atoms with Crippen molar-refractivity contribution in [3.05, 3.63) is 47.2 Å². The zero-order valence-electron chi connectivity index (χ0n) is 12.8. The number of rotatable bonds is 2. The van der Waals surface area contributed by atoms with Crippen LogP contribution in [0.1, 0.15) is 6.42 Å². The summed E-state index contributed by atoms with van der Waals surface area (Å²) < 4.78 is 7.36. The van der Waals surface area contributed by atoms with Gasteiger partial charge in [-0.05, 0) is 12.5 Å². The molecule has 23 heavy (non-hydrogen) atoms. The van der Waals surface area contributed by atoms with Crippen molar-refractivity contribution >= 4 is 5.95 Å².